The van der Waals surface area contributed by atoms with E-state index < -0.39 is 10.0 Å². The zero-order chi connectivity index (χ0) is 19.2. The molecular formula is C20H26N2O3S. The lowest BCUT2D eigenvalue weighted by Gasteiger charge is -2.11. The summed E-state index contributed by atoms with van der Waals surface area (Å²) in [5, 5.41) is 2.85. The summed E-state index contributed by atoms with van der Waals surface area (Å²) in [7, 11) is -3.61. The number of amides is 1. The molecule has 0 atom stereocenters. The van der Waals surface area contributed by atoms with E-state index in [9.17, 15) is 13.2 Å². The van der Waals surface area contributed by atoms with Gasteiger partial charge in [-0.1, -0.05) is 38.0 Å². The van der Waals surface area contributed by atoms with Gasteiger partial charge in [0.1, 0.15) is 0 Å². The summed E-state index contributed by atoms with van der Waals surface area (Å²) in [5.74, 6) is -0.332. The predicted octanol–water partition coefficient (Wildman–Crippen LogP) is 4.02. The summed E-state index contributed by atoms with van der Waals surface area (Å²) in [6, 6.07) is 11.9. The van der Waals surface area contributed by atoms with E-state index in [1.807, 2.05) is 32.0 Å². The summed E-state index contributed by atoms with van der Waals surface area (Å²) >= 11 is 0. The van der Waals surface area contributed by atoms with E-state index in [1.165, 1.54) is 12.1 Å². The van der Waals surface area contributed by atoms with Gasteiger partial charge in [-0.2, -0.15) is 0 Å². The Morgan fingerprint density at radius 3 is 2.54 bits per heavy atom. The Kier molecular flexibility index (Phi) is 6.94. The molecule has 0 unspecified atom stereocenters. The number of anilines is 1. The Balaban J connectivity index is 2.15. The molecule has 0 aliphatic carbocycles. The van der Waals surface area contributed by atoms with Crippen LogP contribution in [0.5, 0.6) is 0 Å². The summed E-state index contributed by atoms with van der Waals surface area (Å²) in [5.41, 5.74) is 3.02. The van der Waals surface area contributed by atoms with Crippen LogP contribution in [0.1, 0.15) is 47.7 Å². The SMILES string of the molecule is CCCCCNS(=O)(=O)c1cccc(C(=O)Nc2cc(C)ccc2C)c1. The van der Waals surface area contributed by atoms with Crippen LogP contribution in [0.2, 0.25) is 0 Å². The van der Waals surface area contributed by atoms with E-state index in [0.717, 1.165) is 36.1 Å². The van der Waals surface area contributed by atoms with E-state index in [4.69, 9.17) is 0 Å². The minimum absolute atomic E-state index is 0.0996. The van der Waals surface area contributed by atoms with Crippen LogP contribution in [0, 0.1) is 13.8 Å². The molecule has 5 nitrogen and oxygen atoms in total. The normalized spacial score (nSPS) is 11.3. The van der Waals surface area contributed by atoms with Crippen molar-refractivity contribution in [2.45, 2.75) is 44.9 Å². The first-order valence-electron chi connectivity index (χ1n) is 8.82. The molecule has 0 aliphatic heterocycles. The van der Waals surface area contributed by atoms with Gasteiger partial charge < -0.3 is 5.32 Å². The molecule has 0 saturated carbocycles. The number of nitrogens with one attached hydrogen (secondary N) is 2. The van der Waals surface area contributed by atoms with Gasteiger partial charge in [-0.15, -0.1) is 0 Å². The molecule has 26 heavy (non-hydrogen) atoms. The maximum absolute atomic E-state index is 12.5. The van der Waals surface area contributed by atoms with Gasteiger partial charge in [0.25, 0.3) is 5.91 Å². The average molecular weight is 375 g/mol. The van der Waals surface area contributed by atoms with Gasteiger partial charge in [-0.3, -0.25) is 4.79 Å². The quantitative estimate of drug-likeness (QED) is 0.685. The van der Waals surface area contributed by atoms with E-state index in [2.05, 4.69) is 17.0 Å². The van der Waals surface area contributed by atoms with Crippen LogP contribution in [-0.2, 0) is 10.0 Å². The number of rotatable bonds is 8. The Hall–Kier alpha value is -2.18. The molecule has 2 aromatic rings. The first-order valence-corrected chi connectivity index (χ1v) is 10.3. The number of carbonyl (C=O) groups is 1. The van der Waals surface area contributed by atoms with E-state index in [0.29, 0.717) is 12.1 Å². The van der Waals surface area contributed by atoms with E-state index in [1.54, 1.807) is 12.1 Å². The lowest BCUT2D eigenvalue weighted by molar-refractivity contribution is 0.102. The third kappa shape index (κ3) is 5.41. The molecule has 1 amide bonds. The lowest BCUT2D eigenvalue weighted by Crippen LogP contribution is -2.25. The van der Waals surface area contributed by atoms with Crippen LogP contribution < -0.4 is 10.0 Å². The summed E-state index contributed by atoms with van der Waals surface area (Å²) in [6.07, 6.45) is 2.79. The van der Waals surface area contributed by atoms with Crippen LogP contribution >= 0.6 is 0 Å². The smallest absolute Gasteiger partial charge is 0.255 e. The second-order valence-corrected chi connectivity index (χ2v) is 8.17. The first-order chi connectivity index (χ1) is 12.3. The standard InChI is InChI=1S/C20H26N2O3S/c1-4-5-6-12-21-26(24,25)18-9-7-8-17(14-18)20(23)22-19-13-15(2)10-11-16(19)3/h7-11,13-14,21H,4-6,12H2,1-3H3,(H,22,23). The fourth-order valence-corrected chi connectivity index (χ4v) is 3.65. The second-order valence-electron chi connectivity index (χ2n) is 6.41. The number of hydrogen-bond donors (Lipinski definition) is 2. The van der Waals surface area contributed by atoms with Gasteiger partial charge in [0.2, 0.25) is 10.0 Å². The molecule has 2 rings (SSSR count). The maximum atomic E-state index is 12.5. The Morgan fingerprint density at radius 1 is 1.04 bits per heavy atom. The highest BCUT2D eigenvalue weighted by atomic mass is 32.2. The van der Waals surface area contributed by atoms with Crippen molar-refractivity contribution in [2.24, 2.45) is 0 Å². The number of sulfonamides is 1. The number of carbonyl (C=O) groups excluding carboxylic acids is 1. The molecule has 2 N–H and O–H groups in total. The lowest BCUT2D eigenvalue weighted by atomic mass is 10.1. The van der Waals surface area contributed by atoms with Gasteiger partial charge in [-0.05, 0) is 55.7 Å². The highest BCUT2D eigenvalue weighted by Gasteiger charge is 2.16. The van der Waals surface area contributed by atoms with Crippen molar-refractivity contribution in [1.82, 2.24) is 4.72 Å². The first kappa shape index (κ1) is 20.1. The molecule has 0 aliphatic rings. The van der Waals surface area contributed by atoms with Crippen LogP contribution in [0.3, 0.4) is 0 Å². The monoisotopic (exact) mass is 374 g/mol. The maximum Gasteiger partial charge on any atom is 0.255 e. The zero-order valence-corrected chi connectivity index (χ0v) is 16.3. The molecule has 0 saturated heterocycles. The van der Waals surface area contributed by atoms with Gasteiger partial charge in [-0.25, -0.2) is 13.1 Å². The van der Waals surface area contributed by atoms with Crippen LogP contribution in [0.15, 0.2) is 47.4 Å². The molecule has 140 valence electrons. The van der Waals surface area contributed by atoms with Gasteiger partial charge in [0.05, 0.1) is 4.90 Å². The van der Waals surface area contributed by atoms with Gasteiger partial charge in [0.15, 0.2) is 0 Å². The molecule has 0 aromatic heterocycles. The number of hydrogen-bond acceptors (Lipinski definition) is 3. The van der Waals surface area contributed by atoms with Crippen molar-refractivity contribution >= 4 is 21.6 Å². The second kappa shape index (κ2) is 8.96. The third-order valence-corrected chi connectivity index (χ3v) is 5.58. The molecule has 0 fully saturated rings. The largest absolute Gasteiger partial charge is 0.322 e. The Morgan fingerprint density at radius 2 is 1.81 bits per heavy atom. The predicted molar refractivity (Wildman–Crippen MR) is 105 cm³/mol. The fraction of sp³-hybridized carbons (Fsp3) is 0.350. The number of aryl methyl sites for hydroxylation is 2. The zero-order valence-electron chi connectivity index (χ0n) is 15.5. The van der Waals surface area contributed by atoms with Crippen molar-refractivity contribution in [2.75, 3.05) is 11.9 Å². The number of unbranched alkanes of at least 4 members (excludes halogenated alkanes) is 2. The van der Waals surface area contributed by atoms with Crippen LogP contribution in [0.25, 0.3) is 0 Å². The van der Waals surface area contributed by atoms with Crippen molar-refractivity contribution in [3.8, 4) is 0 Å². The average Bonchev–Trinajstić information content (AvgIpc) is 2.62. The van der Waals surface area contributed by atoms with E-state index >= 15 is 0 Å². The fourth-order valence-electron chi connectivity index (χ4n) is 2.53. The molecule has 2 aromatic carbocycles. The molecule has 0 spiro atoms. The summed E-state index contributed by atoms with van der Waals surface area (Å²) in [6.45, 7) is 6.32. The van der Waals surface area contributed by atoms with Crippen molar-refractivity contribution in [1.29, 1.82) is 0 Å². The van der Waals surface area contributed by atoms with Crippen LogP contribution in [0.4, 0.5) is 5.69 Å². The van der Waals surface area contributed by atoms with Gasteiger partial charge in [0, 0.05) is 17.8 Å². The van der Waals surface area contributed by atoms with Crippen molar-refractivity contribution < 1.29 is 13.2 Å². The van der Waals surface area contributed by atoms with Crippen molar-refractivity contribution in [3.63, 3.8) is 0 Å². The van der Waals surface area contributed by atoms with Gasteiger partial charge >= 0.3 is 0 Å². The molecule has 0 radical (unpaired) electrons. The summed E-state index contributed by atoms with van der Waals surface area (Å²) in [4.78, 5) is 12.6. The highest BCUT2D eigenvalue weighted by molar-refractivity contribution is 7.89. The Bertz CT molecular complexity index is 876. The minimum atomic E-state index is -3.61. The molecule has 0 heterocycles. The number of benzene rings is 2. The highest BCUT2D eigenvalue weighted by Crippen LogP contribution is 2.18. The van der Waals surface area contributed by atoms with Crippen molar-refractivity contribution in [3.05, 3.63) is 59.2 Å². The molecule has 0 bridgehead atoms. The summed E-state index contributed by atoms with van der Waals surface area (Å²) < 4.78 is 27.4. The Labute approximate surface area is 155 Å². The van der Waals surface area contributed by atoms with E-state index in [-0.39, 0.29) is 10.8 Å². The molecular weight excluding hydrogens is 348 g/mol. The molecule has 6 heteroatoms. The topological polar surface area (TPSA) is 75.3 Å². The minimum Gasteiger partial charge on any atom is -0.322 e. The third-order valence-electron chi connectivity index (χ3n) is 4.12. The van der Waals surface area contributed by atoms with Crippen LogP contribution in [-0.4, -0.2) is 20.9 Å².